The summed E-state index contributed by atoms with van der Waals surface area (Å²) in [5.41, 5.74) is 0.420. The van der Waals surface area contributed by atoms with E-state index in [-0.39, 0.29) is 11.6 Å². The molecular formula is C19H19N7O3. The molecule has 29 heavy (non-hydrogen) atoms. The predicted octanol–water partition coefficient (Wildman–Crippen LogP) is 1.84. The fourth-order valence-corrected chi connectivity index (χ4v) is 3.27. The van der Waals surface area contributed by atoms with Crippen molar-refractivity contribution in [2.45, 2.75) is 6.92 Å². The minimum Gasteiger partial charge on any atom is -0.353 e. The van der Waals surface area contributed by atoms with Gasteiger partial charge in [-0.05, 0) is 19.1 Å². The van der Waals surface area contributed by atoms with Gasteiger partial charge in [-0.15, -0.1) is 0 Å². The molecule has 0 unspecified atom stereocenters. The number of piperazine rings is 1. The third kappa shape index (κ3) is 3.91. The van der Waals surface area contributed by atoms with E-state index in [2.05, 4.69) is 19.9 Å². The first kappa shape index (κ1) is 18.5. The van der Waals surface area contributed by atoms with Crippen LogP contribution in [0.25, 0.3) is 5.82 Å². The number of aromatic nitrogens is 4. The summed E-state index contributed by atoms with van der Waals surface area (Å²) in [5, 5.41) is 10.8. The van der Waals surface area contributed by atoms with Gasteiger partial charge >= 0.3 is 0 Å². The van der Waals surface area contributed by atoms with Crippen molar-refractivity contribution < 1.29 is 9.72 Å². The number of nitro groups is 1. The van der Waals surface area contributed by atoms with Crippen molar-refractivity contribution in [1.82, 2.24) is 24.4 Å². The summed E-state index contributed by atoms with van der Waals surface area (Å²) < 4.78 is 1.83. The summed E-state index contributed by atoms with van der Waals surface area (Å²) in [6, 6.07) is 7.61. The van der Waals surface area contributed by atoms with Crippen LogP contribution in [0.2, 0.25) is 0 Å². The lowest BCUT2D eigenvalue weighted by Gasteiger charge is -2.35. The lowest BCUT2D eigenvalue weighted by molar-refractivity contribution is -0.384. The molecule has 1 amide bonds. The Kier molecular flexibility index (Phi) is 4.90. The molecule has 0 atom stereocenters. The van der Waals surface area contributed by atoms with E-state index >= 15 is 0 Å². The number of rotatable bonds is 4. The van der Waals surface area contributed by atoms with Crippen LogP contribution in [0.4, 0.5) is 11.5 Å². The van der Waals surface area contributed by atoms with Gasteiger partial charge in [0.15, 0.2) is 0 Å². The Hall–Kier alpha value is -3.82. The number of amides is 1. The molecular weight excluding hydrogens is 374 g/mol. The van der Waals surface area contributed by atoms with E-state index in [0.717, 1.165) is 11.6 Å². The molecule has 10 heteroatoms. The highest BCUT2D eigenvalue weighted by molar-refractivity contribution is 5.94. The SMILES string of the molecule is Cc1nc(N2CCN(C(=O)c3ccc([N+](=O)[O-])cc3)CC2)cc(-n2ccnc2)n1. The molecule has 0 saturated carbocycles. The lowest BCUT2D eigenvalue weighted by Crippen LogP contribution is -2.49. The summed E-state index contributed by atoms with van der Waals surface area (Å²) >= 11 is 0. The van der Waals surface area contributed by atoms with Crippen LogP contribution in [0.3, 0.4) is 0 Å². The normalized spacial score (nSPS) is 14.1. The number of hydrogen-bond acceptors (Lipinski definition) is 7. The average Bonchev–Trinajstić information content (AvgIpc) is 3.28. The molecule has 0 N–H and O–H groups in total. The van der Waals surface area contributed by atoms with Gasteiger partial charge in [-0.2, -0.15) is 0 Å². The Morgan fingerprint density at radius 3 is 2.38 bits per heavy atom. The molecule has 2 aromatic heterocycles. The van der Waals surface area contributed by atoms with Crippen molar-refractivity contribution >= 4 is 17.4 Å². The second-order valence-electron chi connectivity index (χ2n) is 6.68. The van der Waals surface area contributed by atoms with E-state index in [1.807, 2.05) is 23.8 Å². The van der Waals surface area contributed by atoms with Crippen LogP contribution >= 0.6 is 0 Å². The third-order valence-corrected chi connectivity index (χ3v) is 4.80. The van der Waals surface area contributed by atoms with Gasteiger partial charge < -0.3 is 9.80 Å². The Morgan fingerprint density at radius 2 is 1.76 bits per heavy atom. The highest BCUT2D eigenvalue weighted by Crippen LogP contribution is 2.19. The molecule has 1 aromatic carbocycles. The topological polar surface area (TPSA) is 110 Å². The van der Waals surface area contributed by atoms with Gasteiger partial charge in [-0.1, -0.05) is 0 Å². The number of aryl methyl sites for hydroxylation is 1. The predicted molar refractivity (Wildman–Crippen MR) is 105 cm³/mol. The summed E-state index contributed by atoms with van der Waals surface area (Å²) in [6.45, 7) is 4.20. The molecule has 1 aliphatic heterocycles. The number of imidazole rings is 1. The van der Waals surface area contributed by atoms with Crippen molar-refractivity contribution in [1.29, 1.82) is 0 Å². The van der Waals surface area contributed by atoms with Gasteiger partial charge in [0.05, 0.1) is 4.92 Å². The maximum atomic E-state index is 12.7. The van der Waals surface area contributed by atoms with Crippen molar-refractivity contribution in [3.8, 4) is 5.82 Å². The van der Waals surface area contributed by atoms with E-state index in [9.17, 15) is 14.9 Å². The zero-order chi connectivity index (χ0) is 20.4. The largest absolute Gasteiger partial charge is 0.353 e. The molecule has 10 nitrogen and oxygen atoms in total. The van der Waals surface area contributed by atoms with Gasteiger partial charge in [0.25, 0.3) is 11.6 Å². The van der Waals surface area contributed by atoms with Crippen LogP contribution in [0.5, 0.6) is 0 Å². The Labute approximate surface area is 166 Å². The highest BCUT2D eigenvalue weighted by atomic mass is 16.6. The first-order chi connectivity index (χ1) is 14.0. The van der Waals surface area contributed by atoms with Gasteiger partial charge in [-0.3, -0.25) is 19.5 Å². The minimum atomic E-state index is -0.477. The van der Waals surface area contributed by atoms with Crippen LogP contribution in [0.15, 0.2) is 49.1 Å². The minimum absolute atomic E-state index is 0.0285. The fraction of sp³-hybridized carbons (Fsp3) is 0.263. The molecule has 0 spiro atoms. The number of carbonyl (C=O) groups excluding carboxylic acids is 1. The van der Waals surface area contributed by atoms with Gasteiger partial charge in [-0.25, -0.2) is 15.0 Å². The number of nitro benzene ring substituents is 1. The van der Waals surface area contributed by atoms with E-state index < -0.39 is 4.92 Å². The maximum absolute atomic E-state index is 12.7. The molecule has 3 aromatic rings. The van der Waals surface area contributed by atoms with Crippen molar-refractivity contribution in [2.75, 3.05) is 31.1 Å². The first-order valence-electron chi connectivity index (χ1n) is 9.14. The van der Waals surface area contributed by atoms with Gasteiger partial charge in [0.1, 0.15) is 23.8 Å². The number of non-ortho nitro benzene ring substituents is 1. The van der Waals surface area contributed by atoms with Crippen molar-refractivity contribution in [2.24, 2.45) is 0 Å². The van der Waals surface area contributed by atoms with E-state index in [1.165, 1.54) is 24.3 Å². The molecule has 148 valence electrons. The number of benzene rings is 1. The van der Waals surface area contributed by atoms with Crippen LogP contribution in [0.1, 0.15) is 16.2 Å². The summed E-state index contributed by atoms with van der Waals surface area (Å²) in [6.07, 6.45) is 5.21. The quantitative estimate of drug-likeness (QED) is 0.491. The van der Waals surface area contributed by atoms with Crippen LogP contribution < -0.4 is 4.90 Å². The molecule has 0 aliphatic carbocycles. The maximum Gasteiger partial charge on any atom is 0.269 e. The molecule has 1 fully saturated rings. The Morgan fingerprint density at radius 1 is 1.07 bits per heavy atom. The van der Waals surface area contributed by atoms with Gasteiger partial charge in [0, 0.05) is 62.3 Å². The molecule has 1 saturated heterocycles. The number of anilines is 1. The first-order valence-corrected chi connectivity index (χ1v) is 9.14. The zero-order valence-corrected chi connectivity index (χ0v) is 15.8. The molecule has 0 radical (unpaired) electrons. The van der Waals surface area contributed by atoms with Crippen molar-refractivity contribution in [3.63, 3.8) is 0 Å². The molecule has 3 heterocycles. The van der Waals surface area contributed by atoms with Crippen LogP contribution in [-0.2, 0) is 0 Å². The van der Waals surface area contributed by atoms with Crippen molar-refractivity contribution in [3.05, 3.63) is 70.6 Å². The molecule has 4 rings (SSSR count). The summed E-state index contributed by atoms with van der Waals surface area (Å²) in [7, 11) is 0. The Balaban J connectivity index is 1.44. The van der Waals surface area contributed by atoms with Gasteiger partial charge in [0.2, 0.25) is 0 Å². The molecule has 1 aliphatic rings. The monoisotopic (exact) mass is 393 g/mol. The van der Waals surface area contributed by atoms with E-state index in [4.69, 9.17) is 0 Å². The van der Waals surface area contributed by atoms with Crippen LogP contribution in [-0.4, -0.2) is 61.4 Å². The summed E-state index contributed by atoms with van der Waals surface area (Å²) in [4.78, 5) is 39.9. The molecule has 0 bridgehead atoms. The third-order valence-electron chi connectivity index (χ3n) is 4.80. The zero-order valence-electron chi connectivity index (χ0n) is 15.8. The highest BCUT2D eigenvalue weighted by Gasteiger charge is 2.24. The summed E-state index contributed by atoms with van der Waals surface area (Å²) in [5.74, 6) is 2.09. The number of nitrogens with zero attached hydrogens (tertiary/aromatic N) is 7. The Bertz CT molecular complexity index is 1030. The second kappa shape index (κ2) is 7.66. The smallest absolute Gasteiger partial charge is 0.269 e. The number of carbonyl (C=O) groups is 1. The standard InChI is InChI=1S/C19H19N7O3/c1-14-21-17(12-18(22-14)25-7-6-20-13-25)23-8-10-24(11-9-23)19(27)15-2-4-16(5-3-15)26(28)29/h2-7,12-13H,8-11H2,1H3. The van der Waals surface area contributed by atoms with E-state index in [0.29, 0.717) is 37.6 Å². The number of hydrogen-bond donors (Lipinski definition) is 0. The second-order valence-corrected chi connectivity index (χ2v) is 6.68. The van der Waals surface area contributed by atoms with Crippen LogP contribution in [0, 0.1) is 17.0 Å². The average molecular weight is 393 g/mol. The lowest BCUT2D eigenvalue weighted by atomic mass is 10.1. The van der Waals surface area contributed by atoms with E-state index in [1.54, 1.807) is 17.4 Å². The fourth-order valence-electron chi connectivity index (χ4n) is 3.27.